The van der Waals surface area contributed by atoms with Gasteiger partial charge in [0, 0.05) is 19.7 Å². The first-order chi connectivity index (χ1) is 10.8. The summed E-state index contributed by atoms with van der Waals surface area (Å²) in [6.07, 6.45) is 0. The summed E-state index contributed by atoms with van der Waals surface area (Å²) in [5, 5.41) is 2.52. The highest BCUT2D eigenvalue weighted by Crippen LogP contribution is 2.15. The number of carbonyl (C=O) groups excluding carboxylic acids is 1. The number of amides is 1. The fourth-order valence-electron chi connectivity index (χ4n) is 2.21. The van der Waals surface area contributed by atoms with E-state index in [1.165, 1.54) is 11.8 Å². The topological polar surface area (TPSA) is 80.5 Å². The average Bonchev–Trinajstić information content (AvgIpc) is 2.91. The molecule has 1 aromatic carbocycles. The Morgan fingerprint density at radius 2 is 1.96 bits per heavy atom. The highest BCUT2D eigenvalue weighted by molar-refractivity contribution is 7.92. The average molecular weight is 336 g/mol. The van der Waals surface area contributed by atoms with Gasteiger partial charge in [-0.15, -0.1) is 0 Å². The first-order valence-electron chi connectivity index (χ1n) is 7.22. The summed E-state index contributed by atoms with van der Waals surface area (Å²) < 4.78 is 29.7. The second-order valence-corrected chi connectivity index (χ2v) is 7.89. The molecule has 0 aliphatic heterocycles. The summed E-state index contributed by atoms with van der Waals surface area (Å²) in [4.78, 5) is 13.8. The van der Waals surface area contributed by atoms with E-state index in [-0.39, 0.29) is 11.5 Å². The van der Waals surface area contributed by atoms with Crippen LogP contribution in [0.5, 0.6) is 0 Å². The van der Waals surface area contributed by atoms with E-state index in [1.54, 1.807) is 20.0 Å². The Labute approximate surface area is 136 Å². The van der Waals surface area contributed by atoms with Gasteiger partial charge in [-0.3, -0.25) is 4.79 Å². The van der Waals surface area contributed by atoms with Crippen molar-refractivity contribution >= 4 is 15.7 Å². The van der Waals surface area contributed by atoms with Gasteiger partial charge in [0.1, 0.15) is 11.0 Å². The Balaban J connectivity index is 2.05. The maximum Gasteiger partial charge on any atom is 0.240 e. The van der Waals surface area contributed by atoms with E-state index in [9.17, 15) is 13.2 Å². The van der Waals surface area contributed by atoms with Crippen molar-refractivity contribution < 1.29 is 17.7 Å². The van der Waals surface area contributed by atoms with Gasteiger partial charge in [-0.25, -0.2) is 8.42 Å². The van der Waals surface area contributed by atoms with Crippen LogP contribution < -0.4 is 0 Å². The second-order valence-electron chi connectivity index (χ2n) is 5.56. The van der Waals surface area contributed by atoms with Crippen molar-refractivity contribution in [3.8, 4) is 0 Å². The van der Waals surface area contributed by atoms with E-state index in [4.69, 9.17) is 4.52 Å². The molecule has 2 aromatic rings. The predicted molar refractivity (Wildman–Crippen MR) is 86.2 cm³/mol. The molecule has 2 rings (SSSR count). The third kappa shape index (κ3) is 4.41. The third-order valence-electron chi connectivity index (χ3n) is 3.55. The van der Waals surface area contributed by atoms with Crippen molar-refractivity contribution in [2.24, 2.45) is 0 Å². The summed E-state index contributed by atoms with van der Waals surface area (Å²) in [5.74, 6) is -0.530. The zero-order valence-corrected chi connectivity index (χ0v) is 14.2. The molecular weight excluding hydrogens is 316 g/mol. The van der Waals surface area contributed by atoms with Crippen LogP contribution in [-0.4, -0.2) is 36.7 Å². The van der Waals surface area contributed by atoms with Gasteiger partial charge in [-0.2, -0.15) is 0 Å². The van der Waals surface area contributed by atoms with E-state index in [0.29, 0.717) is 12.2 Å². The molecule has 124 valence electrons. The second kappa shape index (κ2) is 6.95. The molecule has 0 fully saturated rings. The Bertz CT molecular complexity index is 768. The van der Waals surface area contributed by atoms with Crippen LogP contribution in [0.2, 0.25) is 0 Å². The minimum absolute atomic E-state index is 0.243. The molecule has 1 heterocycles. The molecule has 1 atom stereocenters. The van der Waals surface area contributed by atoms with Crippen LogP contribution in [0, 0.1) is 6.92 Å². The SMILES string of the molecule is Cc1cc(CS(=O)(=O)[C@@H](C)C(=O)N(C)Cc2ccccc2)on1. The lowest BCUT2D eigenvalue weighted by atomic mass is 10.2. The molecule has 0 bridgehead atoms. The molecule has 7 heteroatoms. The third-order valence-corrected chi connectivity index (χ3v) is 5.51. The van der Waals surface area contributed by atoms with E-state index in [1.807, 2.05) is 30.3 Å². The minimum atomic E-state index is -3.66. The van der Waals surface area contributed by atoms with Gasteiger partial charge in [0.15, 0.2) is 15.6 Å². The van der Waals surface area contributed by atoms with Crippen molar-refractivity contribution in [3.63, 3.8) is 0 Å². The molecule has 1 amide bonds. The quantitative estimate of drug-likeness (QED) is 0.805. The molecule has 1 aromatic heterocycles. The summed E-state index contributed by atoms with van der Waals surface area (Å²) in [6, 6.07) is 11.0. The van der Waals surface area contributed by atoms with Gasteiger partial charge >= 0.3 is 0 Å². The molecule has 0 N–H and O–H groups in total. The fourth-order valence-corrected chi connectivity index (χ4v) is 3.48. The summed E-state index contributed by atoms with van der Waals surface area (Å²) in [7, 11) is -2.06. The molecule has 0 spiro atoms. The van der Waals surface area contributed by atoms with Crippen LogP contribution in [0.15, 0.2) is 40.9 Å². The van der Waals surface area contributed by atoms with Crippen molar-refractivity contribution in [2.75, 3.05) is 7.05 Å². The molecule has 0 saturated carbocycles. The van der Waals surface area contributed by atoms with Crippen molar-refractivity contribution in [3.05, 3.63) is 53.4 Å². The summed E-state index contributed by atoms with van der Waals surface area (Å²) in [6.45, 7) is 3.48. The number of hydrogen-bond acceptors (Lipinski definition) is 5. The van der Waals surface area contributed by atoms with Gasteiger partial charge in [0.2, 0.25) is 5.91 Å². The minimum Gasteiger partial charge on any atom is -0.360 e. The smallest absolute Gasteiger partial charge is 0.240 e. The Morgan fingerprint density at radius 3 is 2.52 bits per heavy atom. The van der Waals surface area contributed by atoms with Gasteiger partial charge < -0.3 is 9.42 Å². The summed E-state index contributed by atoms with van der Waals surface area (Å²) in [5.41, 5.74) is 1.55. The predicted octanol–water partition coefficient (Wildman–Crippen LogP) is 1.94. The number of aryl methyl sites for hydroxylation is 1. The van der Waals surface area contributed by atoms with Crippen LogP contribution in [0.3, 0.4) is 0 Å². The normalized spacial score (nSPS) is 12.8. The van der Waals surface area contributed by atoms with Crippen LogP contribution >= 0.6 is 0 Å². The summed E-state index contributed by atoms with van der Waals surface area (Å²) >= 11 is 0. The zero-order chi connectivity index (χ0) is 17.0. The van der Waals surface area contributed by atoms with E-state index < -0.39 is 21.0 Å². The number of sulfone groups is 1. The lowest BCUT2D eigenvalue weighted by Gasteiger charge is -2.21. The standard InChI is InChI=1S/C16H20N2O4S/c1-12-9-15(22-17-12)11-23(20,21)13(2)16(19)18(3)10-14-7-5-4-6-8-14/h4-9,13H,10-11H2,1-3H3/t13-/m0/s1. The Hall–Kier alpha value is -2.15. The van der Waals surface area contributed by atoms with Crippen molar-refractivity contribution in [1.82, 2.24) is 10.1 Å². The highest BCUT2D eigenvalue weighted by atomic mass is 32.2. The maximum atomic E-state index is 12.4. The van der Waals surface area contributed by atoms with Gasteiger partial charge in [0.25, 0.3) is 0 Å². The van der Waals surface area contributed by atoms with Crippen molar-refractivity contribution in [1.29, 1.82) is 0 Å². The number of carbonyl (C=O) groups is 1. The monoisotopic (exact) mass is 336 g/mol. The van der Waals surface area contributed by atoms with Crippen molar-refractivity contribution in [2.45, 2.75) is 31.4 Å². The fraction of sp³-hybridized carbons (Fsp3) is 0.375. The maximum absolute atomic E-state index is 12.4. The van der Waals surface area contributed by atoms with Gasteiger partial charge in [0.05, 0.1) is 5.69 Å². The largest absolute Gasteiger partial charge is 0.360 e. The van der Waals surface area contributed by atoms with Gasteiger partial charge in [-0.05, 0) is 19.4 Å². The lowest BCUT2D eigenvalue weighted by Crippen LogP contribution is -2.39. The van der Waals surface area contributed by atoms with Crippen LogP contribution in [-0.2, 0) is 26.9 Å². The molecule has 0 aliphatic rings. The number of hydrogen-bond donors (Lipinski definition) is 0. The van der Waals surface area contributed by atoms with E-state index in [2.05, 4.69) is 5.16 Å². The Kier molecular flexibility index (Phi) is 5.20. The molecule has 23 heavy (non-hydrogen) atoms. The molecule has 0 aliphatic carbocycles. The van der Waals surface area contributed by atoms with E-state index in [0.717, 1.165) is 5.56 Å². The first kappa shape index (κ1) is 17.2. The van der Waals surface area contributed by atoms with Crippen LogP contribution in [0.1, 0.15) is 23.9 Å². The first-order valence-corrected chi connectivity index (χ1v) is 8.94. The zero-order valence-electron chi connectivity index (χ0n) is 13.4. The highest BCUT2D eigenvalue weighted by Gasteiger charge is 2.31. The molecule has 0 saturated heterocycles. The van der Waals surface area contributed by atoms with Crippen LogP contribution in [0.4, 0.5) is 0 Å². The molecule has 0 unspecified atom stereocenters. The van der Waals surface area contributed by atoms with E-state index >= 15 is 0 Å². The molecular formula is C16H20N2O4S. The number of benzene rings is 1. The lowest BCUT2D eigenvalue weighted by molar-refractivity contribution is -0.129. The number of nitrogens with zero attached hydrogens (tertiary/aromatic N) is 2. The van der Waals surface area contributed by atoms with Gasteiger partial charge in [-0.1, -0.05) is 35.5 Å². The molecule has 6 nitrogen and oxygen atoms in total. The number of rotatable bonds is 6. The molecule has 0 radical (unpaired) electrons. The Morgan fingerprint density at radius 1 is 1.30 bits per heavy atom. The number of aromatic nitrogens is 1. The van der Waals surface area contributed by atoms with Crippen LogP contribution in [0.25, 0.3) is 0 Å².